The Hall–Kier alpha value is -0.850. The zero-order chi connectivity index (χ0) is 13.8. The third-order valence-electron chi connectivity index (χ3n) is 2.88. The zero-order valence-electron chi connectivity index (χ0n) is 11.0. The highest BCUT2D eigenvalue weighted by molar-refractivity contribution is 9.10. The van der Waals surface area contributed by atoms with Gasteiger partial charge < -0.3 is 5.73 Å². The minimum Gasteiger partial charge on any atom is -0.326 e. The van der Waals surface area contributed by atoms with E-state index >= 15 is 0 Å². The normalized spacial score (nSPS) is 14.3. The van der Waals surface area contributed by atoms with E-state index < -0.39 is 0 Å². The van der Waals surface area contributed by atoms with Gasteiger partial charge in [0.1, 0.15) is 5.03 Å². The molecule has 2 atom stereocenters. The molecule has 0 saturated carbocycles. The van der Waals surface area contributed by atoms with Crippen molar-refractivity contribution in [3.8, 4) is 0 Å². The van der Waals surface area contributed by atoms with Crippen LogP contribution >= 0.6 is 27.7 Å². The molecule has 2 unspecified atom stereocenters. The second-order valence-electron chi connectivity index (χ2n) is 4.35. The van der Waals surface area contributed by atoms with Gasteiger partial charge in [-0.05, 0) is 34.5 Å². The van der Waals surface area contributed by atoms with E-state index in [2.05, 4.69) is 32.9 Å². The third kappa shape index (κ3) is 3.58. The number of rotatable bonds is 5. The van der Waals surface area contributed by atoms with Crippen LogP contribution in [0.5, 0.6) is 0 Å². The van der Waals surface area contributed by atoms with Crippen LogP contribution < -0.4 is 5.73 Å². The van der Waals surface area contributed by atoms with Crippen molar-refractivity contribution in [2.24, 2.45) is 12.8 Å². The molecule has 19 heavy (non-hydrogen) atoms. The number of nitrogens with zero attached hydrogens (tertiary/aromatic N) is 3. The molecule has 0 radical (unpaired) electrons. The standard InChI is InChI=1S/C13H17BrN4S/c1-3-11(15)12(9-7-17-18(2)8-9)19-13-10(14)5-4-6-16-13/h4-8,11-12H,3,15H2,1-2H3. The van der Waals surface area contributed by atoms with Crippen molar-refractivity contribution >= 4 is 27.7 Å². The molecule has 0 saturated heterocycles. The highest BCUT2D eigenvalue weighted by Gasteiger charge is 2.22. The first-order valence-corrected chi connectivity index (χ1v) is 7.80. The number of aryl methyl sites for hydroxylation is 1. The number of thioether (sulfide) groups is 1. The molecule has 2 aromatic heterocycles. The molecule has 4 nitrogen and oxygen atoms in total. The Balaban J connectivity index is 2.27. The maximum absolute atomic E-state index is 6.26. The van der Waals surface area contributed by atoms with E-state index in [9.17, 15) is 0 Å². The van der Waals surface area contributed by atoms with Crippen LogP contribution in [-0.4, -0.2) is 20.8 Å². The molecule has 2 N–H and O–H groups in total. The van der Waals surface area contributed by atoms with Gasteiger partial charge in [-0.2, -0.15) is 5.10 Å². The van der Waals surface area contributed by atoms with Gasteiger partial charge in [-0.3, -0.25) is 4.68 Å². The predicted molar refractivity (Wildman–Crippen MR) is 82.0 cm³/mol. The molecule has 0 fully saturated rings. The Bertz CT molecular complexity index is 543. The maximum atomic E-state index is 6.26. The van der Waals surface area contributed by atoms with Crippen molar-refractivity contribution in [2.75, 3.05) is 0 Å². The van der Waals surface area contributed by atoms with E-state index in [1.54, 1.807) is 22.6 Å². The first-order chi connectivity index (χ1) is 9.11. The highest BCUT2D eigenvalue weighted by Crippen LogP contribution is 2.39. The van der Waals surface area contributed by atoms with E-state index in [1.807, 2.05) is 31.6 Å². The smallest absolute Gasteiger partial charge is 0.111 e. The summed E-state index contributed by atoms with van der Waals surface area (Å²) < 4.78 is 2.80. The molecule has 0 aromatic carbocycles. The quantitative estimate of drug-likeness (QED) is 0.849. The van der Waals surface area contributed by atoms with Gasteiger partial charge in [0, 0.05) is 35.5 Å². The predicted octanol–water partition coefficient (Wildman–Crippen LogP) is 3.15. The Labute approximate surface area is 125 Å². The van der Waals surface area contributed by atoms with Gasteiger partial charge >= 0.3 is 0 Å². The topological polar surface area (TPSA) is 56.7 Å². The molecule has 2 aromatic rings. The van der Waals surface area contributed by atoms with Gasteiger partial charge in [-0.25, -0.2) is 4.98 Å². The Kier molecular flexibility index (Phi) is 5.01. The number of pyridine rings is 1. The molecule has 2 rings (SSSR count). The van der Waals surface area contributed by atoms with Gasteiger partial charge in [0.2, 0.25) is 0 Å². The van der Waals surface area contributed by atoms with Gasteiger partial charge in [0.05, 0.1) is 11.4 Å². The van der Waals surface area contributed by atoms with E-state index in [1.165, 1.54) is 0 Å². The number of hydrogen-bond donors (Lipinski definition) is 1. The summed E-state index contributed by atoms with van der Waals surface area (Å²) in [6.07, 6.45) is 6.61. The van der Waals surface area contributed by atoms with E-state index in [0.717, 1.165) is 21.5 Å². The summed E-state index contributed by atoms with van der Waals surface area (Å²) in [7, 11) is 1.92. The molecular weight excluding hydrogens is 324 g/mol. The van der Waals surface area contributed by atoms with Crippen molar-refractivity contribution in [3.05, 3.63) is 40.8 Å². The maximum Gasteiger partial charge on any atom is 0.111 e. The van der Waals surface area contributed by atoms with Crippen LogP contribution in [0.2, 0.25) is 0 Å². The fourth-order valence-electron chi connectivity index (χ4n) is 1.78. The molecule has 0 aliphatic rings. The number of nitrogens with two attached hydrogens (primary N) is 1. The molecular formula is C13H17BrN4S. The molecule has 0 amide bonds. The van der Waals surface area contributed by atoms with Crippen LogP contribution in [0.25, 0.3) is 0 Å². The van der Waals surface area contributed by atoms with Crippen molar-refractivity contribution < 1.29 is 0 Å². The van der Waals surface area contributed by atoms with Gasteiger partial charge in [0.25, 0.3) is 0 Å². The average Bonchev–Trinajstić information content (AvgIpc) is 2.83. The first kappa shape index (κ1) is 14.6. The number of aromatic nitrogens is 3. The summed E-state index contributed by atoms with van der Waals surface area (Å²) in [5, 5.41) is 5.35. The second kappa shape index (κ2) is 6.54. The fourth-order valence-corrected chi connectivity index (χ4v) is 3.49. The summed E-state index contributed by atoms with van der Waals surface area (Å²) in [4.78, 5) is 4.40. The average molecular weight is 341 g/mol. The van der Waals surface area contributed by atoms with E-state index in [0.29, 0.717) is 0 Å². The number of hydrogen-bond acceptors (Lipinski definition) is 4. The highest BCUT2D eigenvalue weighted by atomic mass is 79.9. The van der Waals surface area contributed by atoms with Crippen LogP contribution in [0.1, 0.15) is 24.2 Å². The van der Waals surface area contributed by atoms with Gasteiger partial charge in [-0.1, -0.05) is 18.7 Å². The molecule has 0 spiro atoms. The summed E-state index contributed by atoms with van der Waals surface area (Å²) >= 11 is 5.21. The molecule has 2 heterocycles. The summed E-state index contributed by atoms with van der Waals surface area (Å²) in [6, 6.07) is 3.98. The summed E-state index contributed by atoms with van der Waals surface area (Å²) in [6.45, 7) is 2.10. The van der Waals surface area contributed by atoms with Crippen molar-refractivity contribution in [1.82, 2.24) is 14.8 Å². The van der Waals surface area contributed by atoms with Crippen LogP contribution in [0.4, 0.5) is 0 Å². The third-order valence-corrected chi connectivity index (χ3v) is 5.20. The first-order valence-electron chi connectivity index (χ1n) is 6.13. The van der Waals surface area contributed by atoms with Crippen molar-refractivity contribution in [2.45, 2.75) is 29.7 Å². The fraction of sp³-hybridized carbons (Fsp3) is 0.385. The van der Waals surface area contributed by atoms with Crippen molar-refractivity contribution in [3.63, 3.8) is 0 Å². The van der Waals surface area contributed by atoms with Crippen molar-refractivity contribution in [1.29, 1.82) is 0 Å². The second-order valence-corrected chi connectivity index (χ2v) is 6.33. The minimum atomic E-state index is 0.0723. The lowest BCUT2D eigenvalue weighted by Crippen LogP contribution is -2.25. The Morgan fingerprint density at radius 1 is 1.53 bits per heavy atom. The molecule has 0 aliphatic carbocycles. The monoisotopic (exact) mass is 340 g/mol. The molecule has 6 heteroatoms. The minimum absolute atomic E-state index is 0.0723. The zero-order valence-corrected chi connectivity index (χ0v) is 13.4. The molecule has 0 bridgehead atoms. The number of halogens is 1. The van der Waals surface area contributed by atoms with Gasteiger partial charge in [0.15, 0.2) is 0 Å². The van der Waals surface area contributed by atoms with E-state index in [4.69, 9.17) is 5.73 Å². The Morgan fingerprint density at radius 2 is 2.32 bits per heavy atom. The SMILES string of the molecule is CCC(N)C(Sc1ncccc1Br)c1cnn(C)c1. The van der Waals surface area contributed by atoms with Gasteiger partial charge in [-0.15, -0.1) is 0 Å². The molecule has 102 valence electrons. The summed E-state index contributed by atoms with van der Waals surface area (Å²) in [5.74, 6) is 0. The lowest BCUT2D eigenvalue weighted by Gasteiger charge is -2.21. The molecule has 0 aliphatic heterocycles. The lowest BCUT2D eigenvalue weighted by atomic mass is 10.1. The Morgan fingerprint density at radius 3 is 2.89 bits per heavy atom. The van der Waals surface area contributed by atoms with Crippen LogP contribution in [-0.2, 0) is 7.05 Å². The van der Waals surface area contributed by atoms with Crippen LogP contribution in [0.15, 0.2) is 40.2 Å². The largest absolute Gasteiger partial charge is 0.326 e. The van der Waals surface area contributed by atoms with Crippen LogP contribution in [0.3, 0.4) is 0 Å². The van der Waals surface area contributed by atoms with E-state index in [-0.39, 0.29) is 11.3 Å². The van der Waals surface area contributed by atoms with Crippen LogP contribution in [0, 0.1) is 0 Å². The lowest BCUT2D eigenvalue weighted by molar-refractivity contribution is 0.633. The summed E-state index contributed by atoms with van der Waals surface area (Å²) in [5.41, 5.74) is 7.39.